The van der Waals surface area contributed by atoms with E-state index in [9.17, 15) is 4.79 Å². The van der Waals surface area contributed by atoms with Crippen LogP contribution in [0, 0.1) is 5.92 Å². The summed E-state index contributed by atoms with van der Waals surface area (Å²) >= 11 is 0. The first-order valence-electron chi connectivity index (χ1n) is 6.70. The van der Waals surface area contributed by atoms with Gasteiger partial charge in [0.05, 0.1) is 18.8 Å². The number of nitrogens with zero attached hydrogens (tertiary/aromatic N) is 1. The van der Waals surface area contributed by atoms with Crippen LogP contribution in [-0.4, -0.2) is 54.2 Å². The molecule has 2 rings (SSSR count). The highest BCUT2D eigenvalue weighted by molar-refractivity contribution is 5.81. The fraction of sp³-hybridized carbons (Fsp3) is 0.923. The number of rotatable bonds is 3. The van der Waals surface area contributed by atoms with Crippen LogP contribution < -0.4 is 0 Å². The Balaban J connectivity index is 1.86. The third-order valence-corrected chi connectivity index (χ3v) is 3.77. The average Bonchev–Trinajstić information content (AvgIpc) is 2.31. The number of hydrogen-bond acceptors (Lipinski definition) is 4. The lowest BCUT2D eigenvalue weighted by Crippen LogP contribution is -2.50. The molecule has 2 aliphatic rings. The maximum absolute atomic E-state index is 11.8. The van der Waals surface area contributed by atoms with Gasteiger partial charge in [-0.2, -0.15) is 0 Å². The van der Waals surface area contributed by atoms with E-state index in [1.807, 2.05) is 6.92 Å². The molecule has 98 valence electrons. The molecule has 1 aliphatic carbocycles. The zero-order valence-corrected chi connectivity index (χ0v) is 10.6. The second-order valence-electron chi connectivity index (χ2n) is 5.38. The Hall–Kier alpha value is -0.450. The molecule has 0 bridgehead atoms. The number of aliphatic hydroxyl groups excluding tert-OH is 1. The van der Waals surface area contributed by atoms with Gasteiger partial charge in [0.2, 0.25) is 0 Å². The molecule has 4 nitrogen and oxygen atoms in total. The predicted molar refractivity (Wildman–Crippen MR) is 64.8 cm³/mol. The Kier molecular flexibility index (Phi) is 4.54. The molecular formula is C13H23NO3. The third-order valence-electron chi connectivity index (χ3n) is 3.77. The minimum absolute atomic E-state index is 0.0689. The van der Waals surface area contributed by atoms with Gasteiger partial charge in [0.25, 0.3) is 0 Å². The highest BCUT2D eigenvalue weighted by atomic mass is 16.5. The minimum Gasteiger partial charge on any atom is -0.394 e. The van der Waals surface area contributed by atoms with E-state index in [1.54, 1.807) is 0 Å². The third kappa shape index (κ3) is 3.50. The molecule has 1 aliphatic heterocycles. The van der Waals surface area contributed by atoms with Gasteiger partial charge < -0.3 is 9.84 Å². The van der Waals surface area contributed by atoms with E-state index in [-0.39, 0.29) is 24.7 Å². The Labute approximate surface area is 103 Å². The van der Waals surface area contributed by atoms with E-state index in [0.717, 1.165) is 38.9 Å². The van der Waals surface area contributed by atoms with Crippen molar-refractivity contribution in [2.24, 2.45) is 5.92 Å². The molecule has 0 aromatic carbocycles. The lowest BCUT2D eigenvalue weighted by molar-refractivity contribution is -0.128. The van der Waals surface area contributed by atoms with E-state index in [2.05, 4.69) is 4.90 Å². The standard InChI is InChI=1S/C13H23NO3/c1-10-6-14(8-12(9-15)17-10)7-11-4-2-3-5-13(11)16/h10-12,15H,2-9H2,1H3. The van der Waals surface area contributed by atoms with Crippen molar-refractivity contribution in [1.29, 1.82) is 0 Å². The van der Waals surface area contributed by atoms with E-state index < -0.39 is 0 Å². The van der Waals surface area contributed by atoms with Gasteiger partial charge in [0.1, 0.15) is 5.78 Å². The summed E-state index contributed by atoms with van der Waals surface area (Å²) < 4.78 is 5.61. The smallest absolute Gasteiger partial charge is 0.137 e. The van der Waals surface area contributed by atoms with Gasteiger partial charge in [-0.15, -0.1) is 0 Å². The molecule has 3 unspecified atom stereocenters. The number of carbonyl (C=O) groups excluding carboxylic acids is 1. The Bertz CT molecular complexity index is 269. The lowest BCUT2D eigenvalue weighted by atomic mass is 9.87. The van der Waals surface area contributed by atoms with Crippen molar-refractivity contribution < 1.29 is 14.6 Å². The number of morpholine rings is 1. The number of ketones is 1. The molecule has 1 saturated heterocycles. The van der Waals surface area contributed by atoms with Crippen molar-refractivity contribution in [1.82, 2.24) is 4.90 Å². The van der Waals surface area contributed by atoms with Crippen molar-refractivity contribution in [2.75, 3.05) is 26.2 Å². The molecule has 3 atom stereocenters. The molecule has 1 N–H and O–H groups in total. The quantitative estimate of drug-likeness (QED) is 0.795. The second kappa shape index (κ2) is 5.94. The van der Waals surface area contributed by atoms with Crippen molar-refractivity contribution in [2.45, 2.75) is 44.8 Å². The van der Waals surface area contributed by atoms with Gasteiger partial charge in [-0.3, -0.25) is 9.69 Å². The van der Waals surface area contributed by atoms with Gasteiger partial charge >= 0.3 is 0 Å². The molecule has 1 saturated carbocycles. The fourth-order valence-corrected chi connectivity index (χ4v) is 2.95. The summed E-state index contributed by atoms with van der Waals surface area (Å²) in [5, 5.41) is 9.17. The fourth-order valence-electron chi connectivity index (χ4n) is 2.95. The predicted octanol–water partition coefficient (Wildman–Crippen LogP) is 0.827. The average molecular weight is 241 g/mol. The van der Waals surface area contributed by atoms with E-state index in [4.69, 9.17) is 9.84 Å². The van der Waals surface area contributed by atoms with Crippen LogP contribution in [-0.2, 0) is 9.53 Å². The summed E-state index contributed by atoms with van der Waals surface area (Å²) in [7, 11) is 0. The molecule has 4 heteroatoms. The van der Waals surface area contributed by atoms with Gasteiger partial charge in [-0.25, -0.2) is 0 Å². The molecule has 0 aromatic heterocycles. The molecule has 0 spiro atoms. The second-order valence-corrected chi connectivity index (χ2v) is 5.38. The Morgan fingerprint density at radius 1 is 1.41 bits per heavy atom. The zero-order valence-electron chi connectivity index (χ0n) is 10.6. The van der Waals surface area contributed by atoms with Crippen LogP contribution >= 0.6 is 0 Å². The normalized spacial score (nSPS) is 36.1. The van der Waals surface area contributed by atoms with Crippen molar-refractivity contribution in [3.05, 3.63) is 0 Å². The lowest BCUT2D eigenvalue weighted by Gasteiger charge is -2.38. The molecule has 0 aromatic rings. The van der Waals surface area contributed by atoms with E-state index in [1.165, 1.54) is 6.42 Å². The molecule has 2 fully saturated rings. The van der Waals surface area contributed by atoms with Crippen LogP contribution in [0.2, 0.25) is 0 Å². The van der Waals surface area contributed by atoms with Crippen LogP contribution in [0.4, 0.5) is 0 Å². The Morgan fingerprint density at radius 2 is 2.24 bits per heavy atom. The van der Waals surface area contributed by atoms with Gasteiger partial charge in [0, 0.05) is 32.0 Å². The molecule has 0 amide bonds. The van der Waals surface area contributed by atoms with Crippen LogP contribution in [0.1, 0.15) is 32.6 Å². The topological polar surface area (TPSA) is 49.8 Å². The van der Waals surface area contributed by atoms with Crippen molar-refractivity contribution >= 4 is 5.78 Å². The summed E-state index contributed by atoms with van der Waals surface area (Å²) in [6.07, 6.45) is 4.10. The molecule has 1 heterocycles. The molecular weight excluding hydrogens is 218 g/mol. The van der Waals surface area contributed by atoms with Gasteiger partial charge in [0.15, 0.2) is 0 Å². The summed E-state index contributed by atoms with van der Waals surface area (Å²) in [5.74, 6) is 0.643. The first-order valence-corrected chi connectivity index (χ1v) is 6.70. The van der Waals surface area contributed by atoms with E-state index >= 15 is 0 Å². The summed E-state index contributed by atoms with van der Waals surface area (Å²) in [6, 6.07) is 0. The number of hydrogen-bond donors (Lipinski definition) is 1. The highest BCUT2D eigenvalue weighted by Gasteiger charge is 2.29. The van der Waals surface area contributed by atoms with Gasteiger partial charge in [-0.1, -0.05) is 6.42 Å². The van der Waals surface area contributed by atoms with Crippen molar-refractivity contribution in [3.8, 4) is 0 Å². The van der Waals surface area contributed by atoms with Crippen LogP contribution in [0.25, 0.3) is 0 Å². The number of Topliss-reactive ketones (excluding diaryl/α,β-unsaturated/α-hetero) is 1. The van der Waals surface area contributed by atoms with Crippen molar-refractivity contribution in [3.63, 3.8) is 0 Å². The van der Waals surface area contributed by atoms with E-state index in [0.29, 0.717) is 5.78 Å². The number of ether oxygens (including phenoxy) is 1. The zero-order chi connectivity index (χ0) is 12.3. The first kappa shape index (κ1) is 13.0. The maximum Gasteiger partial charge on any atom is 0.137 e. The minimum atomic E-state index is -0.0857. The Morgan fingerprint density at radius 3 is 2.94 bits per heavy atom. The maximum atomic E-state index is 11.8. The van der Waals surface area contributed by atoms with Crippen LogP contribution in [0.15, 0.2) is 0 Å². The highest BCUT2D eigenvalue weighted by Crippen LogP contribution is 2.23. The summed E-state index contributed by atoms with van der Waals surface area (Å²) in [5.41, 5.74) is 0. The van der Waals surface area contributed by atoms with Crippen LogP contribution in [0.3, 0.4) is 0 Å². The molecule has 0 radical (unpaired) electrons. The van der Waals surface area contributed by atoms with Gasteiger partial charge in [-0.05, 0) is 19.8 Å². The molecule has 17 heavy (non-hydrogen) atoms. The number of carbonyl (C=O) groups is 1. The number of aliphatic hydroxyl groups is 1. The SMILES string of the molecule is CC1CN(CC2CCCCC2=O)CC(CO)O1. The summed E-state index contributed by atoms with van der Waals surface area (Å²) in [4.78, 5) is 14.1. The largest absolute Gasteiger partial charge is 0.394 e. The monoisotopic (exact) mass is 241 g/mol. The summed E-state index contributed by atoms with van der Waals surface area (Å²) in [6.45, 7) is 4.57. The van der Waals surface area contributed by atoms with Crippen LogP contribution in [0.5, 0.6) is 0 Å². The first-order chi connectivity index (χ1) is 8.19.